The third-order valence-electron chi connectivity index (χ3n) is 2.44. The Balaban J connectivity index is 5.72. The van der Waals surface area contributed by atoms with E-state index in [4.69, 9.17) is 10.5 Å². The van der Waals surface area contributed by atoms with Gasteiger partial charge >= 0.3 is 6.09 Å². The number of hydrogen-bond donors (Lipinski definition) is 1. The number of nitrogens with two attached hydrogens (primary N) is 1. The van der Waals surface area contributed by atoms with Crippen LogP contribution in [0.25, 0.3) is 0 Å². The minimum Gasteiger partial charge on any atom is -0.767 e. The molecule has 0 aromatic carbocycles. The second-order valence-electron chi connectivity index (χ2n) is 5.69. The lowest BCUT2D eigenvalue weighted by Crippen LogP contribution is -2.34. The van der Waals surface area contributed by atoms with E-state index in [1.807, 2.05) is 0 Å². The average Bonchev–Trinajstić information content (AvgIpc) is 2.49. The largest absolute Gasteiger partial charge is 0.767 e. The standard InChI is InChI=1S/C13H21FN4O6S2/c1-7(18(6)12(19)24-13(3,4)5)9(15)10(14)17-11(26(22)23)16-8(2)25(20)21/h1,15H2,2-6H3,(H,20,21)(H,22,23)/p-2/b10-9-,16-8?,17-11?. The summed E-state index contributed by atoms with van der Waals surface area (Å²) in [5.74, 6) is -1.53. The van der Waals surface area contributed by atoms with E-state index in [0.29, 0.717) is 0 Å². The molecular weight excluding hydrogens is 391 g/mol. The Morgan fingerprint density at radius 2 is 1.73 bits per heavy atom. The summed E-state index contributed by atoms with van der Waals surface area (Å²) in [6, 6.07) is 0. The van der Waals surface area contributed by atoms with Crippen molar-refractivity contribution in [3.63, 3.8) is 0 Å². The minimum atomic E-state index is -3.15. The number of hydrogen-bond acceptors (Lipinski definition) is 8. The van der Waals surface area contributed by atoms with Gasteiger partial charge in [0.15, 0.2) is 0 Å². The molecule has 0 bridgehead atoms. The van der Waals surface area contributed by atoms with Gasteiger partial charge < -0.3 is 19.6 Å². The third kappa shape index (κ3) is 7.95. The minimum absolute atomic E-state index is 0.357. The highest BCUT2D eigenvalue weighted by Crippen LogP contribution is 2.17. The number of likely N-dealkylation sites (N-methyl/N-ethyl adjacent to an activating group) is 1. The number of nitrogens with zero attached hydrogens (tertiary/aromatic N) is 3. The van der Waals surface area contributed by atoms with Crippen LogP contribution >= 0.6 is 0 Å². The Labute approximate surface area is 155 Å². The smallest absolute Gasteiger partial charge is 0.414 e. The van der Waals surface area contributed by atoms with E-state index in [1.54, 1.807) is 20.8 Å². The Kier molecular flexibility index (Phi) is 8.93. The lowest BCUT2D eigenvalue weighted by atomic mass is 10.2. The van der Waals surface area contributed by atoms with E-state index in [1.165, 1.54) is 7.05 Å². The predicted molar refractivity (Wildman–Crippen MR) is 93.8 cm³/mol. The van der Waals surface area contributed by atoms with Gasteiger partial charge in [0.25, 0.3) is 0 Å². The molecule has 0 aliphatic rings. The van der Waals surface area contributed by atoms with Gasteiger partial charge in [-0.2, -0.15) is 9.38 Å². The van der Waals surface area contributed by atoms with Crippen LogP contribution in [0.3, 0.4) is 0 Å². The van der Waals surface area contributed by atoms with Gasteiger partial charge in [0, 0.05) is 18.1 Å². The molecule has 0 aliphatic carbocycles. The van der Waals surface area contributed by atoms with Gasteiger partial charge in [-0.3, -0.25) is 13.3 Å². The maximum absolute atomic E-state index is 14.1. The average molecular weight is 410 g/mol. The Morgan fingerprint density at radius 1 is 1.23 bits per heavy atom. The number of carbonyl (C=O) groups excluding carboxylic acids is 1. The first-order valence-corrected chi connectivity index (χ1v) is 8.96. The van der Waals surface area contributed by atoms with Crippen LogP contribution in [-0.2, 0) is 26.9 Å². The van der Waals surface area contributed by atoms with Gasteiger partial charge in [0.1, 0.15) is 11.3 Å². The van der Waals surface area contributed by atoms with Crippen molar-refractivity contribution >= 4 is 38.5 Å². The molecule has 0 saturated carbocycles. The van der Waals surface area contributed by atoms with Gasteiger partial charge in [-0.05, 0) is 38.8 Å². The summed E-state index contributed by atoms with van der Waals surface area (Å²) in [6.07, 6.45) is -0.884. The van der Waals surface area contributed by atoms with Crippen LogP contribution in [0.15, 0.2) is 33.9 Å². The van der Waals surface area contributed by atoms with Crippen molar-refractivity contribution in [1.29, 1.82) is 0 Å². The molecule has 2 N–H and O–H groups in total. The number of amides is 1. The van der Waals surface area contributed by atoms with Crippen molar-refractivity contribution in [2.75, 3.05) is 7.05 Å². The van der Waals surface area contributed by atoms with Crippen LogP contribution in [0.5, 0.6) is 0 Å². The van der Waals surface area contributed by atoms with Gasteiger partial charge in [0.2, 0.25) is 11.1 Å². The SMILES string of the molecule is C=C(/C(N)=C(\F)N=C(N=C(C)S(=O)[O-])S(=O)[O-])N(C)C(=O)OC(C)(C)C. The number of halogens is 1. The molecule has 0 saturated heterocycles. The molecule has 26 heavy (non-hydrogen) atoms. The van der Waals surface area contributed by atoms with Crippen LogP contribution in [0.2, 0.25) is 0 Å². The first-order valence-electron chi connectivity index (χ1n) is 6.81. The third-order valence-corrected chi connectivity index (χ3v) is 3.50. The fourth-order valence-corrected chi connectivity index (χ4v) is 1.74. The van der Waals surface area contributed by atoms with Crippen LogP contribution in [-0.4, -0.2) is 51.4 Å². The number of amidine groups is 1. The molecule has 2 atom stereocenters. The van der Waals surface area contributed by atoms with Crippen molar-refractivity contribution in [1.82, 2.24) is 4.90 Å². The van der Waals surface area contributed by atoms with Crippen molar-refractivity contribution < 1.29 is 31.4 Å². The summed E-state index contributed by atoms with van der Waals surface area (Å²) in [5.41, 5.74) is 3.53. The monoisotopic (exact) mass is 410 g/mol. The first-order chi connectivity index (χ1) is 11.7. The van der Waals surface area contributed by atoms with Crippen molar-refractivity contribution in [3.8, 4) is 0 Å². The first kappa shape index (κ1) is 24.0. The molecule has 0 fully saturated rings. The van der Waals surface area contributed by atoms with Gasteiger partial charge in [-0.15, -0.1) is 0 Å². The maximum Gasteiger partial charge on any atom is 0.414 e. The van der Waals surface area contributed by atoms with E-state index >= 15 is 0 Å². The molecule has 10 nitrogen and oxygen atoms in total. The second kappa shape index (κ2) is 9.66. The Hall–Kier alpha value is -1.96. The zero-order valence-corrected chi connectivity index (χ0v) is 16.4. The van der Waals surface area contributed by atoms with E-state index < -0.39 is 55.7 Å². The van der Waals surface area contributed by atoms with Crippen LogP contribution in [0.1, 0.15) is 27.7 Å². The molecule has 0 aliphatic heterocycles. The van der Waals surface area contributed by atoms with Gasteiger partial charge in [0.05, 0.1) is 10.7 Å². The Morgan fingerprint density at radius 3 is 2.12 bits per heavy atom. The van der Waals surface area contributed by atoms with Crippen LogP contribution in [0.4, 0.5) is 9.18 Å². The lowest BCUT2D eigenvalue weighted by molar-refractivity contribution is 0.0357. The lowest BCUT2D eigenvalue weighted by Gasteiger charge is -2.25. The number of carbonyl (C=O) groups is 1. The topological polar surface area (TPSA) is 161 Å². The van der Waals surface area contributed by atoms with E-state index in [9.17, 15) is 26.7 Å². The summed E-state index contributed by atoms with van der Waals surface area (Å²) in [6.45, 7) is 9.23. The fourth-order valence-electron chi connectivity index (χ4n) is 1.16. The fraction of sp³-hybridized carbons (Fsp3) is 0.462. The highest BCUT2D eigenvalue weighted by atomic mass is 32.2. The number of ether oxygens (including phenoxy) is 1. The zero-order chi connectivity index (χ0) is 20.8. The van der Waals surface area contributed by atoms with Crippen molar-refractivity contribution in [2.24, 2.45) is 15.7 Å². The van der Waals surface area contributed by atoms with E-state index in [0.717, 1.165) is 11.8 Å². The summed E-state index contributed by atoms with van der Waals surface area (Å²) >= 11 is -5.97. The molecule has 0 heterocycles. The molecule has 0 aromatic rings. The van der Waals surface area contributed by atoms with Gasteiger partial charge in [-0.1, -0.05) is 6.58 Å². The van der Waals surface area contributed by atoms with E-state index in [2.05, 4.69) is 16.6 Å². The number of rotatable bonds is 3. The molecule has 0 rings (SSSR count). The molecule has 0 spiro atoms. The normalized spacial score (nSPS) is 16.5. The zero-order valence-electron chi connectivity index (χ0n) is 14.8. The summed E-state index contributed by atoms with van der Waals surface area (Å²) in [5, 5.41) is -1.79. The quantitative estimate of drug-likeness (QED) is 0.239. The van der Waals surface area contributed by atoms with Gasteiger partial charge in [-0.25, -0.2) is 9.79 Å². The molecule has 0 radical (unpaired) electrons. The predicted octanol–water partition coefficient (Wildman–Crippen LogP) is 0.997. The Bertz CT molecular complexity index is 727. The molecule has 13 heteroatoms. The number of aliphatic imine (C=N–C) groups is 2. The molecule has 1 amide bonds. The van der Waals surface area contributed by atoms with E-state index in [-0.39, 0.29) is 5.70 Å². The molecule has 2 unspecified atom stereocenters. The van der Waals surface area contributed by atoms with Crippen LogP contribution in [0, 0.1) is 0 Å². The molecule has 148 valence electrons. The highest BCUT2D eigenvalue weighted by Gasteiger charge is 2.23. The summed E-state index contributed by atoms with van der Waals surface area (Å²) in [4.78, 5) is 18.9. The van der Waals surface area contributed by atoms with Crippen LogP contribution < -0.4 is 5.73 Å². The summed E-state index contributed by atoms with van der Waals surface area (Å²) < 4.78 is 62.5. The molecular formula is C13H19FN4O6S2-2. The summed E-state index contributed by atoms with van der Waals surface area (Å²) in [7, 11) is 1.20. The highest BCUT2D eigenvalue weighted by molar-refractivity contribution is 7.97. The maximum atomic E-state index is 14.1. The van der Waals surface area contributed by atoms with Crippen molar-refractivity contribution in [3.05, 3.63) is 23.9 Å². The van der Waals surface area contributed by atoms with Crippen molar-refractivity contribution in [2.45, 2.75) is 33.3 Å². The molecule has 0 aromatic heterocycles. The second-order valence-corrected chi connectivity index (χ2v) is 7.58.